The summed E-state index contributed by atoms with van der Waals surface area (Å²) in [5.41, 5.74) is 7.39. The molecule has 0 heterocycles. The number of nitrogens with two attached hydrogens (primary N) is 1. The summed E-state index contributed by atoms with van der Waals surface area (Å²) in [6, 6.07) is 8.84. The Morgan fingerprint density at radius 1 is 1.24 bits per heavy atom. The Bertz CT molecular complexity index is 413. The first-order chi connectivity index (χ1) is 10.2. The SMILES string of the molecule is COc1cccc(CN(C)C(CN)C2CCCCCC2)c1. The van der Waals surface area contributed by atoms with Crippen LogP contribution >= 0.6 is 0 Å². The van der Waals surface area contributed by atoms with E-state index in [9.17, 15) is 0 Å². The Kier molecular flexibility index (Phi) is 6.52. The third-order valence-corrected chi connectivity index (χ3v) is 4.82. The van der Waals surface area contributed by atoms with Crippen molar-refractivity contribution in [3.8, 4) is 5.75 Å². The first-order valence-corrected chi connectivity index (χ1v) is 8.28. The molecule has 2 N–H and O–H groups in total. The molecule has 1 saturated carbocycles. The van der Waals surface area contributed by atoms with Crippen molar-refractivity contribution in [2.75, 3.05) is 20.7 Å². The summed E-state index contributed by atoms with van der Waals surface area (Å²) in [6.07, 6.45) is 8.21. The molecule has 1 fully saturated rings. The van der Waals surface area contributed by atoms with E-state index < -0.39 is 0 Å². The van der Waals surface area contributed by atoms with Gasteiger partial charge >= 0.3 is 0 Å². The molecular weight excluding hydrogens is 260 g/mol. The average molecular weight is 290 g/mol. The molecule has 0 aliphatic heterocycles. The Morgan fingerprint density at radius 3 is 2.57 bits per heavy atom. The molecule has 0 amide bonds. The van der Waals surface area contributed by atoms with Crippen LogP contribution in [0, 0.1) is 5.92 Å². The number of benzene rings is 1. The fraction of sp³-hybridized carbons (Fsp3) is 0.667. The van der Waals surface area contributed by atoms with E-state index in [0.29, 0.717) is 6.04 Å². The van der Waals surface area contributed by atoms with Crippen molar-refractivity contribution in [1.82, 2.24) is 4.90 Å². The van der Waals surface area contributed by atoms with Crippen molar-refractivity contribution in [2.45, 2.75) is 51.1 Å². The van der Waals surface area contributed by atoms with Crippen LogP contribution in [0.15, 0.2) is 24.3 Å². The molecule has 3 nitrogen and oxygen atoms in total. The van der Waals surface area contributed by atoms with Crippen LogP contribution in [0.4, 0.5) is 0 Å². The molecule has 1 unspecified atom stereocenters. The standard InChI is InChI=1S/C18H30N2O/c1-20(14-15-8-7-11-17(12-15)21-2)18(13-19)16-9-5-3-4-6-10-16/h7-8,11-12,16,18H,3-6,9-10,13-14,19H2,1-2H3. The third-order valence-electron chi connectivity index (χ3n) is 4.82. The van der Waals surface area contributed by atoms with Gasteiger partial charge in [-0.3, -0.25) is 4.90 Å². The predicted octanol–water partition coefficient (Wildman–Crippen LogP) is 3.42. The highest BCUT2D eigenvalue weighted by Crippen LogP contribution is 2.28. The molecule has 3 heteroatoms. The van der Waals surface area contributed by atoms with E-state index in [4.69, 9.17) is 10.5 Å². The van der Waals surface area contributed by atoms with Gasteiger partial charge in [-0.1, -0.05) is 37.8 Å². The first-order valence-electron chi connectivity index (χ1n) is 8.28. The van der Waals surface area contributed by atoms with Gasteiger partial charge in [0.05, 0.1) is 7.11 Å². The minimum absolute atomic E-state index is 0.495. The normalized spacial score (nSPS) is 18.5. The number of ether oxygens (including phenoxy) is 1. The Morgan fingerprint density at radius 2 is 1.95 bits per heavy atom. The number of hydrogen-bond acceptors (Lipinski definition) is 3. The van der Waals surface area contributed by atoms with Crippen LogP contribution in [-0.2, 0) is 6.54 Å². The maximum absolute atomic E-state index is 6.10. The molecule has 0 radical (unpaired) electrons. The monoisotopic (exact) mass is 290 g/mol. The molecule has 0 saturated heterocycles. The quantitative estimate of drug-likeness (QED) is 0.816. The zero-order valence-corrected chi connectivity index (χ0v) is 13.6. The number of likely N-dealkylation sites (N-methyl/N-ethyl adjacent to an activating group) is 1. The third kappa shape index (κ3) is 4.72. The van der Waals surface area contributed by atoms with Gasteiger partial charge in [0.15, 0.2) is 0 Å². The number of rotatable bonds is 6. The van der Waals surface area contributed by atoms with Crippen LogP contribution in [0.25, 0.3) is 0 Å². The van der Waals surface area contributed by atoms with Crippen LogP contribution in [0.1, 0.15) is 44.1 Å². The van der Waals surface area contributed by atoms with Crippen LogP contribution in [0.3, 0.4) is 0 Å². The van der Waals surface area contributed by atoms with Crippen LogP contribution in [0.5, 0.6) is 5.75 Å². The smallest absolute Gasteiger partial charge is 0.119 e. The summed E-state index contributed by atoms with van der Waals surface area (Å²) in [5, 5.41) is 0. The van der Waals surface area contributed by atoms with Gasteiger partial charge in [0, 0.05) is 19.1 Å². The van der Waals surface area contributed by atoms with Crippen LogP contribution < -0.4 is 10.5 Å². The maximum atomic E-state index is 6.10. The van der Waals surface area contributed by atoms with E-state index in [1.807, 2.05) is 6.07 Å². The number of nitrogens with zero attached hydrogens (tertiary/aromatic N) is 1. The van der Waals surface area contributed by atoms with Gasteiger partial charge in [-0.05, 0) is 43.5 Å². The van der Waals surface area contributed by atoms with Gasteiger partial charge in [-0.2, -0.15) is 0 Å². The van der Waals surface area contributed by atoms with E-state index in [-0.39, 0.29) is 0 Å². The Hall–Kier alpha value is -1.06. The van der Waals surface area contributed by atoms with Gasteiger partial charge in [0.25, 0.3) is 0 Å². The number of hydrogen-bond donors (Lipinski definition) is 1. The second kappa shape index (κ2) is 8.40. The summed E-state index contributed by atoms with van der Waals surface area (Å²) in [7, 11) is 3.93. The zero-order chi connectivity index (χ0) is 15.1. The molecule has 1 aromatic rings. The second-order valence-electron chi connectivity index (χ2n) is 6.32. The van der Waals surface area contributed by atoms with Crippen molar-refractivity contribution in [2.24, 2.45) is 11.7 Å². The summed E-state index contributed by atoms with van der Waals surface area (Å²) < 4.78 is 5.31. The fourth-order valence-electron chi connectivity index (χ4n) is 3.60. The van der Waals surface area contributed by atoms with Gasteiger partial charge in [0.1, 0.15) is 5.75 Å². The van der Waals surface area contributed by atoms with Gasteiger partial charge in [-0.25, -0.2) is 0 Å². The molecule has 1 aromatic carbocycles. The lowest BCUT2D eigenvalue weighted by molar-refractivity contribution is 0.160. The minimum atomic E-state index is 0.495. The van der Waals surface area contributed by atoms with Crippen molar-refractivity contribution >= 4 is 0 Å². The molecule has 0 aromatic heterocycles. The van der Waals surface area contributed by atoms with Gasteiger partial charge in [-0.15, -0.1) is 0 Å². The summed E-state index contributed by atoms with van der Waals surface area (Å²) in [4.78, 5) is 2.44. The molecule has 0 spiro atoms. The Labute approximate surface area is 129 Å². The van der Waals surface area contributed by atoms with E-state index in [1.165, 1.54) is 44.1 Å². The summed E-state index contributed by atoms with van der Waals surface area (Å²) >= 11 is 0. The van der Waals surface area contributed by atoms with E-state index in [1.54, 1.807) is 7.11 Å². The molecular formula is C18H30N2O. The molecule has 118 valence electrons. The Balaban J connectivity index is 1.99. The molecule has 1 atom stereocenters. The van der Waals surface area contributed by atoms with Gasteiger partial charge in [0.2, 0.25) is 0 Å². The summed E-state index contributed by atoms with van der Waals surface area (Å²) in [6.45, 7) is 1.70. The van der Waals surface area contributed by atoms with Crippen molar-refractivity contribution in [1.29, 1.82) is 0 Å². The van der Waals surface area contributed by atoms with Crippen molar-refractivity contribution in [3.05, 3.63) is 29.8 Å². The topological polar surface area (TPSA) is 38.5 Å². The van der Waals surface area contributed by atoms with Crippen LogP contribution in [0.2, 0.25) is 0 Å². The average Bonchev–Trinajstić information content (AvgIpc) is 2.77. The lowest BCUT2D eigenvalue weighted by Crippen LogP contribution is -2.43. The summed E-state index contributed by atoms with van der Waals surface area (Å²) in [5.74, 6) is 1.69. The highest BCUT2D eigenvalue weighted by molar-refractivity contribution is 5.28. The van der Waals surface area contributed by atoms with E-state index in [0.717, 1.165) is 24.8 Å². The van der Waals surface area contributed by atoms with E-state index >= 15 is 0 Å². The van der Waals surface area contributed by atoms with Crippen LogP contribution in [-0.4, -0.2) is 31.6 Å². The highest BCUT2D eigenvalue weighted by Gasteiger charge is 2.25. The molecule has 1 aliphatic carbocycles. The lowest BCUT2D eigenvalue weighted by Gasteiger charge is -2.33. The minimum Gasteiger partial charge on any atom is -0.497 e. The molecule has 1 aliphatic rings. The van der Waals surface area contributed by atoms with Crippen molar-refractivity contribution < 1.29 is 4.74 Å². The second-order valence-corrected chi connectivity index (χ2v) is 6.32. The van der Waals surface area contributed by atoms with E-state index in [2.05, 4.69) is 30.1 Å². The maximum Gasteiger partial charge on any atom is 0.119 e. The van der Waals surface area contributed by atoms with Gasteiger partial charge < -0.3 is 10.5 Å². The molecule has 0 bridgehead atoms. The fourth-order valence-corrected chi connectivity index (χ4v) is 3.60. The molecule has 21 heavy (non-hydrogen) atoms. The highest BCUT2D eigenvalue weighted by atomic mass is 16.5. The number of methoxy groups -OCH3 is 1. The first kappa shape index (κ1) is 16.3. The molecule has 2 rings (SSSR count). The largest absolute Gasteiger partial charge is 0.497 e. The lowest BCUT2D eigenvalue weighted by atomic mass is 9.90. The van der Waals surface area contributed by atoms with Crippen molar-refractivity contribution in [3.63, 3.8) is 0 Å². The predicted molar refractivity (Wildman–Crippen MR) is 88.5 cm³/mol. The zero-order valence-electron chi connectivity index (χ0n) is 13.6.